The summed E-state index contributed by atoms with van der Waals surface area (Å²) in [5.41, 5.74) is 0. The SMILES string of the molecule is CCCC/C=C\C/C=C\CCCCCCCC(=O)OC(COC(=O)CCCCCCC)COC(OCC[N+](C)(C)C)C(=O)[O-]. The van der Waals surface area contributed by atoms with Gasteiger partial charge < -0.3 is 33.3 Å². The number of carbonyl (C=O) groups excluding carboxylic acids is 3. The van der Waals surface area contributed by atoms with Gasteiger partial charge in [-0.05, 0) is 38.5 Å². The molecule has 0 amide bonds. The van der Waals surface area contributed by atoms with Crippen LogP contribution in [0.1, 0.15) is 123 Å². The highest BCUT2D eigenvalue weighted by Crippen LogP contribution is 2.11. The molecule has 9 heteroatoms. The van der Waals surface area contributed by atoms with Crippen molar-refractivity contribution in [3.63, 3.8) is 0 Å². The number of carboxylic acids is 1. The van der Waals surface area contributed by atoms with Gasteiger partial charge in [0.25, 0.3) is 0 Å². The Hall–Kier alpha value is -2.23. The highest BCUT2D eigenvalue weighted by molar-refractivity contribution is 5.70. The number of rotatable bonds is 30. The van der Waals surface area contributed by atoms with Gasteiger partial charge in [0, 0.05) is 12.8 Å². The van der Waals surface area contributed by atoms with Crippen molar-refractivity contribution in [3.8, 4) is 0 Å². The van der Waals surface area contributed by atoms with E-state index in [1.165, 1.54) is 12.8 Å². The summed E-state index contributed by atoms with van der Waals surface area (Å²) < 4.78 is 22.2. The number of ether oxygens (including phenoxy) is 4. The molecule has 2 unspecified atom stereocenters. The van der Waals surface area contributed by atoms with Gasteiger partial charge in [-0.25, -0.2) is 0 Å². The van der Waals surface area contributed by atoms with E-state index in [1.54, 1.807) is 0 Å². The van der Waals surface area contributed by atoms with Crippen LogP contribution < -0.4 is 5.11 Å². The van der Waals surface area contributed by atoms with Crippen molar-refractivity contribution in [2.24, 2.45) is 0 Å². The van der Waals surface area contributed by atoms with E-state index in [2.05, 4.69) is 38.2 Å². The summed E-state index contributed by atoms with van der Waals surface area (Å²) >= 11 is 0. The van der Waals surface area contributed by atoms with Crippen molar-refractivity contribution < 1.29 is 42.9 Å². The molecule has 0 fully saturated rings. The number of hydrogen-bond acceptors (Lipinski definition) is 8. The lowest BCUT2D eigenvalue weighted by Gasteiger charge is -2.26. The van der Waals surface area contributed by atoms with Gasteiger partial charge in [-0.1, -0.05) is 95.9 Å². The predicted molar refractivity (Wildman–Crippen MR) is 173 cm³/mol. The topological polar surface area (TPSA) is 111 Å². The zero-order chi connectivity index (χ0) is 32.9. The standard InChI is InChI=1S/C35H63NO8/c1-6-8-10-12-13-14-15-16-17-18-19-20-22-24-26-33(38)44-31(29-42-32(37)25-23-21-11-9-7-2)30-43-35(34(39)40)41-28-27-36(3,4)5/h12-13,15-16,31,35H,6-11,14,17-30H2,1-5H3/b13-12-,16-15-. The molecule has 0 bridgehead atoms. The van der Waals surface area contributed by atoms with E-state index in [0.717, 1.165) is 77.0 Å². The van der Waals surface area contributed by atoms with Crippen molar-refractivity contribution >= 4 is 17.9 Å². The molecule has 0 rings (SSSR count). The Bertz CT molecular complexity index is 790. The maximum absolute atomic E-state index is 12.6. The Morgan fingerprint density at radius 1 is 0.682 bits per heavy atom. The monoisotopic (exact) mass is 625 g/mol. The van der Waals surface area contributed by atoms with Gasteiger partial charge in [-0.2, -0.15) is 0 Å². The molecule has 0 aromatic carbocycles. The second-order valence-corrected chi connectivity index (χ2v) is 12.5. The average molecular weight is 626 g/mol. The third kappa shape index (κ3) is 28.5. The van der Waals surface area contributed by atoms with Crippen LogP contribution >= 0.6 is 0 Å². The number of nitrogens with zero attached hydrogens (tertiary/aromatic N) is 1. The Labute approximate surface area is 267 Å². The fourth-order valence-electron chi connectivity index (χ4n) is 4.19. The molecule has 0 aliphatic rings. The molecule has 2 atom stereocenters. The normalized spacial score (nSPS) is 13.4. The first kappa shape index (κ1) is 41.8. The van der Waals surface area contributed by atoms with E-state index >= 15 is 0 Å². The van der Waals surface area contributed by atoms with Crippen LogP contribution in [0.5, 0.6) is 0 Å². The van der Waals surface area contributed by atoms with Gasteiger partial charge in [0.2, 0.25) is 0 Å². The average Bonchev–Trinajstić information content (AvgIpc) is 2.96. The Morgan fingerprint density at radius 2 is 1.25 bits per heavy atom. The smallest absolute Gasteiger partial charge is 0.306 e. The van der Waals surface area contributed by atoms with Gasteiger partial charge in [0.15, 0.2) is 12.4 Å². The molecular formula is C35H63NO8. The van der Waals surface area contributed by atoms with Gasteiger partial charge in [-0.15, -0.1) is 0 Å². The fourth-order valence-corrected chi connectivity index (χ4v) is 4.19. The van der Waals surface area contributed by atoms with Gasteiger partial charge >= 0.3 is 11.9 Å². The minimum absolute atomic E-state index is 0.145. The van der Waals surface area contributed by atoms with Crippen molar-refractivity contribution in [3.05, 3.63) is 24.3 Å². The quantitative estimate of drug-likeness (QED) is 0.0312. The van der Waals surface area contributed by atoms with E-state index in [1.807, 2.05) is 21.1 Å². The van der Waals surface area contributed by atoms with E-state index in [0.29, 0.717) is 17.4 Å². The van der Waals surface area contributed by atoms with Gasteiger partial charge in [0.1, 0.15) is 13.2 Å². The van der Waals surface area contributed by atoms with E-state index in [4.69, 9.17) is 18.9 Å². The first-order chi connectivity index (χ1) is 21.1. The molecule has 9 nitrogen and oxygen atoms in total. The third-order valence-electron chi connectivity index (χ3n) is 6.95. The fraction of sp³-hybridized carbons (Fsp3) is 0.800. The predicted octanol–water partition coefficient (Wildman–Crippen LogP) is 6.04. The number of carboxylic acid groups (broad SMARTS) is 1. The molecule has 0 radical (unpaired) electrons. The van der Waals surface area contributed by atoms with Crippen LogP contribution in [0, 0.1) is 0 Å². The van der Waals surface area contributed by atoms with Crippen LogP contribution in [-0.2, 0) is 33.3 Å². The molecule has 0 spiro atoms. The number of carbonyl (C=O) groups is 3. The van der Waals surface area contributed by atoms with E-state index in [9.17, 15) is 19.5 Å². The molecule has 256 valence electrons. The van der Waals surface area contributed by atoms with E-state index < -0.39 is 24.3 Å². The van der Waals surface area contributed by atoms with Crippen LogP contribution in [-0.4, -0.2) is 82.3 Å². The molecule has 0 aromatic rings. The van der Waals surface area contributed by atoms with Crippen molar-refractivity contribution in [1.82, 2.24) is 0 Å². The zero-order valence-electron chi connectivity index (χ0n) is 28.5. The summed E-state index contributed by atoms with van der Waals surface area (Å²) in [6.07, 6.45) is 22.5. The van der Waals surface area contributed by atoms with Gasteiger partial charge in [0.05, 0.1) is 40.3 Å². The van der Waals surface area contributed by atoms with Crippen LogP contribution in [0.2, 0.25) is 0 Å². The summed E-state index contributed by atoms with van der Waals surface area (Å²) in [6, 6.07) is 0. The Balaban J connectivity index is 4.55. The van der Waals surface area contributed by atoms with Crippen LogP contribution in [0.15, 0.2) is 24.3 Å². The number of quaternary nitrogens is 1. The van der Waals surface area contributed by atoms with Crippen molar-refractivity contribution in [2.45, 2.75) is 135 Å². The minimum atomic E-state index is -1.62. The molecule has 0 saturated heterocycles. The first-order valence-electron chi connectivity index (χ1n) is 17.0. The molecule has 44 heavy (non-hydrogen) atoms. The molecule has 0 heterocycles. The van der Waals surface area contributed by atoms with E-state index in [-0.39, 0.29) is 38.6 Å². The number of unbranched alkanes of at least 4 members (excludes halogenated alkanes) is 11. The van der Waals surface area contributed by atoms with Crippen LogP contribution in [0.3, 0.4) is 0 Å². The summed E-state index contributed by atoms with van der Waals surface area (Å²) in [5, 5.41) is 11.5. The molecule has 0 N–H and O–H groups in total. The molecule has 0 aliphatic heterocycles. The highest BCUT2D eigenvalue weighted by Gasteiger charge is 2.21. The summed E-state index contributed by atoms with van der Waals surface area (Å²) in [5.74, 6) is -2.33. The highest BCUT2D eigenvalue weighted by atomic mass is 16.7. The second-order valence-electron chi connectivity index (χ2n) is 12.5. The molecule has 0 saturated carbocycles. The summed E-state index contributed by atoms with van der Waals surface area (Å²) in [7, 11) is 5.87. The number of allylic oxidation sites excluding steroid dienone is 4. The third-order valence-corrected chi connectivity index (χ3v) is 6.95. The second kappa shape index (κ2) is 28.3. The number of hydrogen-bond donors (Lipinski definition) is 0. The molecule has 0 aliphatic carbocycles. The number of likely N-dealkylation sites (N-methyl/N-ethyl adjacent to an activating group) is 1. The first-order valence-corrected chi connectivity index (χ1v) is 17.0. The molecular weight excluding hydrogens is 562 g/mol. The largest absolute Gasteiger partial charge is 0.545 e. The lowest BCUT2D eigenvalue weighted by Crippen LogP contribution is -2.44. The zero-order valence-corrected chi connectivity index (χ0v) is 28.5. The lowest BCUT2D eigenvalue weighted by atomic mass is 10.1. The summed E-state index contributed by atoms with van der Waals surface area (Å²) in [4.78, 5) is 36.3. The van der Waals surface area contributed by atoms with Gasteiger partial charge in [-0.3, -0.25) is 9.59 Å². The Kier molecular flexibility index (Phi) is 26.8. The Morgan fingerprint density at radius 3 is 1.86 bits per heavy atom. The minimum Gasteiger partial charge on any atom is -0.545 e. The maximum Gasteiger partial charge on any atom is 0.306 e. The van der Waals surface area contributed by atoms with Crippen LogP contribution in [0.4, 0.5) is 0 Å². The number of aliphatic carboxylic acids is 1. The number of esters is 2. The summed E-state index contributed by atoms with van der Waals surface area (Å²) in [6.45, 7) is 4.55. The van der Waals surface area contributed by atoms with Crippen molar-refractivity contribution in [1.29, 1.82) is 0 Å². The molecule has 0 aromatic heterocycles. The lowest BCUT2D eigenvalue weighted by molar-refractivity contribution is -0.870. The maximum atomic E-state index is 12.6. The van der Waals surface area contributed by atoms with Crippen LogP contribution in [0.25, 0.3) is 0 Å². The van der Waals surface area contributed by atoms with Crippen molar-refractivity contribution in [2.75, 3.05) is 47.5 Å².